The fraction of sp³-hybridized carbons (Fsp3) is 0.385. The van der Waals surface area contributed by atoms with Gasteiger partial charge in [-0.1, -0.05) is 31.4 Å². The second-order valence-corrected chi connectivity index (χ2v) is 8.80. The molecule has 3 aromatic rings. The number of rotatable bonds is 6. The molecule has 1 N–H and O–H groups in total. The molecular weight excluding hydrogens is 416 g/mol. The van der Waals surface area contributed by atoms with Crippen molar-refractivity contribution in [3.05, 3.63) is 70.3 Å². The van der Waals surface area contributed by atoms with Crippen LogP contribution in [0.15, 0.2) is 53.6 Å². The summed E-state index contributed by atoms with van der Waals surface area (Å²) in [5.41, 5.74) is 2.72. The van der Waals surface area contributed by atoms with Crippen LogP contribution in [0, 0.1) is 6.92 Å². The van der Waals surface area contributed by atoms with Gasteiger partial charge in [-0.25, -0.2) is 4.98 Å². The Kier molecular flexibility index (Phi) is 6.87. The second-order valence-electron chi connectivity index (χ2n) is 8.80. The molecule has 0 aliphatic heterocycles. The van der Waals surface area contributed by atoms with Gasteiger partial charge in [-0.15, -0.1) is 0 Å². The molecule has 0 unspecified atom stereocenters. The van der Waals surface area contributed by atoms with E-state index in [2.05, 4.69) is 10.3 Å². The molecule has 0 bridgehead atoms. The number of benzene rings is 2. The van der Waals surface area contributed by atoms with E-state index in [1.807, 2.05) is 31.0 Å². The SMILES string of the molecule is Cc1cccc2c(=O)n(CCC(=O)Nc3ccc(C(=O)N(C)C4CCCCC4)cc3)cnc12. The quantitative estimate of drug-likeness (QED) is 0.617. The van der Waals surface area contributed by atoms with Crippen molar-refractivity contribution in [2.75, 3.05) is 12.4 Å². The lowest BCUT2D eigenvalue weighted by Crippen LogP contribution is -2.38. The number of nitrogens with zero attached hydrogens (tertiary/aromatic N) is 3. The number of nitrogens with one attached hydrogen (secondary N) is 1. The van der Waals surface area contributed by atoms with Gasteiger partial charge < -0.3 is 10.2 Å². The van der Waals surface area contributed by atoms with Gasteiger partial charge in [-0.3, -0.25) is 19.0 Å². The van der Waals surface area contributed by atoms with Crippen molar-refractivity contribution in [3.63, 3.8) is 0 Å². The Bertz CT molecular complexity index is 1210. The van der Waals surface area contributed by atoms with Crippen LogP contribution >= 0.6 is 0 Å². The first-order chi connectivity index (χ1) is 15.9. The minimum atomic E-state index is -0.204. The number of hydrogen-bond donors (Lipinski definition) is 1. The molecule has 0 radical (unpaired) electrons. The molecule has 0 spiro atoms. The Morgan fingerprint density at radius 3 is 2.55 bits per heavy atom. The largest absolute Gasteiger partial charge is 0.339 e. The molecular formula is C26H30N4O3. The lowest BCUT2D eigenvalue weighted by Gasteiger charge is -2.31. The van der Waals surface area contributed by atoms with E-state index in [-0.39, 0.29) is 30.3 Å². The molecule has 33 heavy (non-hydrogen) atoms. The minimum Gasteiger partial charge on any atom is -0.339 e. The highest BCUT2D eigenvalue weighted by Crippen LogP contribution is 2.23. The molecule has 1 aliphatic carbocycles. The summed E-state index contributed by atoms with van der Waals surface area (Å²) in [6.07, 6.45) is 7.36. The number of aryl methyl sites for hydroxylation is 2. The smallest absolute Gasteiger partial charge is 0.261 e. The lowest BCUT2D eigenvalue weighted by atomic mass is 9.94. The third-order valence-corrected chi connectivity index (χ3v) is 6.49. The van der Waals surface area contributed by atoms with Gasteiger partial charge in [0.2, 0.25) is 5.91 Å². The Morgan fingerprint density at radius 2 is 1.82 bits per heavy atom. The number of para-hydroxylation sites is 1. The normalized spacial score (nSPS) is 14.2. The number of amides is 2. The zero-order chi connectivity index (χ0) is 23.4. The predicted molar refractivity (Wildman–Crippen MR) is 129 cm³/mol. The molecule has 2 amide bonds. The maximum absolute atomic E-state index is 12.8. The van der Waals surface area contributed by atoms with Crippen LogP contribution in [0.2, 0.25) is 0 Å². The zero-order valence-electron chi connectivity index (χ0n) is 19.2. The first-order valence-corrected chi connectivity index (χ1v) is 11.6. The van der Waals surface area contributed by atoms with E-state index in [0.29, 0.717) is 28.2 Å². The molecule has 172 valence electrons. The Balaban J connectivity index is 1.34. The molecule has 7 heteroatoms. The predicted octanol–water partition coefficient (Wildman–Crippen LogP) is 4.14. The summed E-state index contributed by atoms with van der Waals surface area (Å²) >= 11 is 0. The Hall–Kier alpha value is -3.48. The zero-order valence-corrected chi connectivity index (χ0v) is 19.2. The van der Waals surface area contributed by atoms with Crippen molar-refractivity contribution < 1.29 is 9.59 Å². The summed E-state index contributed by atoms with van der Waals surface area (Å²) < 4.78 is 1.46. The standard InChI is InChI=1S/C26H30N4O3/c1-18-7-6-10-22-24(18)27-17-30(26(22)33)16-15-23(31)28-20-13-11-19(12-14-20)25(32)29(2)21-8-4-3-5-9-21/h6-7,10-14,17,21H,3-5,8-9,15-16H2,1-2H3,(H,28,31). The maximum Gasteiger partial charge on any atom is 0.261 e. The van der Waals surface area contributed by atoms with Gasteiger partial charge in [-0.05, 0) is 55.7 Å². The number of carbonyl (C=O) groups excluding carboxylic acids is 2. The van der Waals surface area contributed by atoms with Crippen LogP contribution in [0.1, 0.15) is 54.4 Å². The van der Waals surface area contributed by atoms with Crippen molar-refractivity contribution in [3.8, 4) is 0 Å². The molecule has 1 fully saturated rings. The summed E-state index contributed by atoms with van der Waals surface area (Å²) in [4.78, 5) is 44.1. The van der Waals surface area contributed by atoms with E-state index < -0.39 is 0 Å². The van der Waals surface area contributed by atoms with Crippen LogP contribution in [0.25, 0.3) is 10.9 Å². The number of aromatic nitrogens is 2. The van der Waals surface area contributed by atoms with Crippen LogP contribution < -0.4 is 10.9 Å². The van der Waals surface area contributed by atoms with Crippen LogP contribution in [0.5, 0.6) is 0 Å². The summed E-state index contributed by atoms with van der Waals surface area (Å²) in [6.45, 7) is 2.16. The average molecular weight is 447 g/mol. The molecule has 2 aromatic carbocycles. The summed E-state index contributed by atoms with van der Waals surface area (Å²) in [5.74, 6) is -0.192. The Morgan fingerprint density at radius 1 is 1.09 bits per heavy atom. The molecule has 1 heterocycles. The summed E-state index contributed by atoms with van der Waals surface area (Å²) in [7, 11) is 1.87. The van der Waals surface area contributed by atoms with Gasteiger partial charge in [0.1, 0.15) is 0 Å². The highest BCUT2D eigenvalue weighted by molar-refractivity contribution is 5.96. The van der Waals surface area contributed by atoms with Crippen LogP contribution in [0.3, 0.4) is 0 Å². The topological polar surface area (TPSA) is 84.3 Å². The number of fused-ring (bicyclic) bond motifs is 1. The van der Waals surface area contributed by atoms with Gasteiger partial charge >= 0.3 is 0 Å². The van der Waals surface area contributed by atoms with Crippen molar-refractivity contribution in [1.29, 1.82) is 0 Å². The molecule has 7 nitrogen and oxygen atoms in total. The van der Waals surface area contributed by atoms with E-state index in [0.717, 1.165) is 18.4 Å². The van der Waals surface area contributed by atoms with Gasteiger partial charge in [0.05, 0.1) is 17.2 Å². The fourth-order valence-corrected chi connectivity index (χ4v) is 4.48. The third kappa shape index (κ3) is 5.13. The van der Waals surface area contributed by atoms with Crippen LogP contribution in [-0.2, 0) is 11.3 Å². The van der Waals surface area contributed by atoms with Crippen molar-refractivity contribution in [2.24, 2.45) is 0 Å². The second kappa shape index (κ2) is 9.98. The Labute approximate surface area is 193 Å². The van der Waals surface area contributed by atoms with Gasteiger partial charge in [0.15, 0.2) is 0 Å². The van der Waals surface area contributed by atoms with E-state index in [1.54, 1.807) is 30.3 Å². The van der Waals surface area contributed by atoms with Crippen molar-refractivity contribution >= 4 is 28.4 Å². The van der Waals surface area contributed by atoms with E-state index in [4.69, 9.17) is 0 Å². The highest BCUT2D eigenvalue weighted by Gasteiger charge is 2.22. The van der Waals surface area contributed by atoms with Gasteiger partial charge in [-0.2, -0.15) is 0 Å². The van der Waals surface area contributed by atoms with Gasteiger partial charge in [0, 0.05) is 37.3 Å². The third-order valence-electron chi connectivity index (χ3n) is 6.49. The first-order valence-electron chi connectivity index (χ1n) is 11.6. The van der Waals surface area contributed by atoms with Crippen molar-refractivity contribution in [1.82, 2.24) is 14.5 Å². The lowest BCUT2D eigenvalue weighted by molar-refractivity contribution is -0.116. The van der Waals surface area contributed by atoms with Crippen molar-refractivity contribution in [2.45, 2.75) is 58.0 Å². The average Bonchev–Trinajstić information content (AvgIpc) is 2.84. The first kappa shape index (κ1) is 22.7. The number of hydrogen-bond acceptors (Lipinski definition) is 4. The van der Waals surface area contributed by atoms with Crippen LogP contribution in [0.4, 0.5) is 5.69 Å². The monoisotopic (exact) mass is 446 g/mol. The molecule has 4 rings (SSSR count). The molecule has 1 aliphatic rings. The van der Waals surface area contributed by atoms with E-state index in [1.165, 1.54) is 30.2 Å². The molecule has 1 saturated carbocycles. The van der Waals surface area contributed by atoms with Gasteiger partial charge in [0.25, 0.3) is 11.5 Å². The maximum atomic E-state index is 12.8. The molecule has 1 aromatic heterocycles. The fourth-order valence-electron chi connectivity index (χ4n) is 4.48. The summed E-state index contributed by atoms with van der Waals surface area (Å²) in [6, 6.07) is 12.8. The molecule has 0 saturated heterocycles. The summed E-state index contributed by atoms with van der Waals surface area (Å²) in [5, 5.41) is 3.39. The van der Waals surface area contributed by atoms with E-state index in [9.17, 15) is 14.4 Å². The van der Waals surface area contributed by atoms with E-state index >= 15 is 0 Å². The number of carbonyl (C=O) groups is 2. The molecule has 0 atom stereocenters. The minimum absolute atomic E-state index is 0.0122. The van der Waals surface area contributed by atoms with Crippen LogP contribution in [-0.4, -0.2) is 39.4 Å². The highest BCUT2D eigenvalue weighted by atomic mass is 16.2. The number of anilines is 1.